The van der Waals surface area contributed by atoms with Crippen LogP contribution < -0.4 is 10.9 Å². The second kappa shape index (κ2) is 9.89. The molecule has 4 rings (SSSR count). The maximum absolute atomic E-state index is 13.3. The number of aryl methyl sites for hydroxylation is 2. The third kappa shape index (κ3) is 4.89. The van der Waals surface area contributed by atoms with Gasteiger partial charge in [-0.25, -0.2) is 9.67 Å². The van der Waals surface area contributed by atoms with E-state index in [0.29, 0.717) is 22.2 Å². The van der Waals surface area contributed by atoms with Gasteiger partial charge in [0.25, 0.3) is 11.5 Å². The van der Waals surface area contributed by atoms with E-state index in [1.807, 2.05) is 48.8 Å². The van der Waals surface area contributed by atoms with Gasteiger partial charge in [0.2, 0.25) is 0 Å². The molecule has 0 aromatic carbocycles. The smallest absolute Gasteiger partial charge is 0.253 e. The highest BCUT2D eigenvalue weighted by Gasteiger charge is 2.28. The number of carbonyl (C=O) groups excluding carboxylic acids is 1. The Morgan fingerprint density at radius 2 is 2.00 bits per heavy atom. The number of aromatic nitrogens is 4. The molecule has 3 aromatic rings. The number of fused-ring (bicyclic) bond motifs is 1. The molecule has 9 nitrogen and oxygen atoms in total. The van der Waals surface area contributed by atoms with Crippen LogP contribution in [0.5, 0.6) is 0 Å². The number of nitrogens with one attached hydrogen (secondary N) is 2. The number of pyridine rings is 2. The normalized spacial score (nSPS) is 16.3. The van der Waals surface area contributed by atoms with Crippen molar-refractivity contribution >= 4 is 28.3 Å². The molecule has 1 aliphatic rings. The molecule has 10 heteroatoms. The van der Waals surface area contributed by atoms with E-state index in [1.165, 1.54) is 0 Å². The first-order valence-corrected chi connectivity index (χ1v) is 13.1. The molecule has 4 heterocycles. The van der Waals surface area contributed by atoms with Gasteiger partial charge >= 0.3 is 0 Å². The van der Waals surface area contributed by atoms with Crippen molar-refractivity contribution in [1.29, 1.82) is 0 Å². The summed E-state index contributed by atoms with van der Waals surface area (Å²) < 4.78 is 15.6. The van der Waals surface area contributed by atoms with Crippen molar-refractivity contribution in [3.63, 3.8) is 0 Å². The molecule has 0 radical (unpaired) electrons. The lowest BCUT2D eigenvalue weighted by atomic mass is 9.92. The summed E-state index contributed by atoms with van der Waals surface area (Å²) >= 11 is -0.981. The monoisotopic (exact) mass is 484 g/mol. The zero-order chi connectivity index (χ0) is 24.6. The molecule has 1 unspecified atom stereocenters. The SMILES string of the molecule is Cc1cc(C)c(CNC(=O)c2cc(C3CCN([S+](C)[O-])CC3)nc3c2cnn3C(C)C)c(=O)[nH]1. The van der Waals surface area contributed by atoms with Crippen molar-refractivity contribution in [1.82, 2.24) is 29.4 Å². The van der Waals surface area contributed by atoms with Crippen LogP contribution in [0.4, 0.5) is 0 Å². The fourth-order valence-corrected chi connectivity index (χ4v) is 5.31. The summed E-state index contributed by atoms with van der Waals surface area (Å²) in [5.41, 5.74) is 4.03. The van der Waals surface area contributed by atoms with Crippen molar-refractivity contribution in [2.45, 2.75) is 59.0 Å². The first kappa shape index (κ1) is 24.4. The van der Waals surface area contributed by atoms with Gasteiger partial charge in [0.05, 0.1) is 17.1 Å². The van der Waals surface area contributed by atoms with E-state index in [2.05, 4.69) is 15.4 Å². The molecule has 1 fully saturated rings. The lowest BCUT2D eigenvalue weighted by Gasteiger charge is -2.30. The van der Waals surface area contributed by atoms with Crippen molar-refractivity contribution in [2.24, 2.45) is 0 Å². The first-order valence-electron chi connectivity index (χ1n) is 11.6. The minimum absolute atomic E-state index is 0.0919. The summed E-state index contributed by atoms with van der Waals surface area (Å²) in [5.74, 6) is -0.0862. The van der Waals surface area contributed by atoms with E-state index in [0.717, 1.165) is 42.9 Å². The Bertz CT molecular complexity index is 1260. The van der Waals surface area contributed by atoms with E-state index in [9.17, 15) is 14.1 Å². The molecule has 0 bridgehead atoms. The van der Waals surface area contributed by atoms with Crippen LogP contribution in [-0.4, -0.2) is 53.9 Å². The van der Waals surface area contributed by atoms with Crippen LogP contribution in [0.2, 0.25) is 0 Å². The van der Waals surface area contributed by atoms with Gasteiger partial charge in [0.1, 0.15) is 6.26 Å². The van der Waals surface area contributed by atoms with Gasteiger partial charge in [-0.1, -0.05) is 0 Å². The molecular weight excluding hydrogens is 452 g/mol. The van der Waals surface area contributed by atoms with Crippen molar-refractivity contribution in [3.05, 3.63) is 56.8 Å². The highest BCUT2D eigenvalue weighted by Crippen LogP contribution is 2.31. The standard InChI is InChI=1S/C24H32N6O3S/c1-14(2)30-22-20(13-26-30)18(11-21(28-22)17-6-8-29(9-7-17)34(5)33)23(31)25-12-19-15(3)10-16(4)27-24(19)32/h10-11,13-14,17H,6-9,12H2,1-5H3,(H,25,31)(H,27,32). The molecular formula is C24H32N6O3S. The summed E-state index contributed by atoms with van der Waals surface area (Å²) in [6.07, 6.45) is 5.04. The van der Waals surface area contributed by atoms with E-state index in [1.54, 1.807) is 12.5 Å². The summed E-state index contributed by atoms with van der Waals surface area (Å²) in [4.78, 5) is 33.4. The third-order valence-electron chi connectivity index (χ3n) is 6.48. The third-order valence-corrected chi connectivity index (χ3v) is 7.57. The maximum atomic E-state index is 13.3. The molecule has 182 valence electrons. The van der Waals surface area contributed by atoms with E-state index < -0.39 is 11.4 Å². The van der Waals surface area contributed by atoms with Gasteiger partial charge in [-0.05, 0) is 58.2 Å². The molecule has 1 saturated heterocycles. The van der Waals surface area contributed by atoms with Crippen molar-refractivity contribution < 1.29 is 9.35 Å². The van der Waals surface area contributed by atoms with Crippen LogP contribution in [-0.2, 0) is 17.9 Å². The number of H-pyrrole nitrogens is 1. The second-order valence-corrected chi connectivity index (χ2v) is 10.6. The Hall–Kier alpha value is -2.69. The van der Waals surface area contributed by atoms with Gasteiger partial charge in [0, 0.05) is 59.9 Å². The molecule has 3 aromatic heterocycles. The lowest BCUT2D eigenvalue weighted by Crippen LogP contribution is -2.37. The minimum Gasteiger partial charge on any atom is -0.598 e. The predicted octanol–water partition coefficient (Wildman–Crippen LogP) is 2.72. The molecule has 0 spiro atoms. The molecule has 1 atom stereocenters. The van der Waals surface area contributed by atoms with Crippen molar-refractivity contribution in [3.8, 4) is 0 Å². The zero-order valence-electron chi connectivity index (χ0n) is 20.3. The molecule has 34 heavy (non-hydrogen) atoms. The second-order valence-electron chi connectivity index (χ2n) is 9.27. The number of amides is 1. The summed E-state index contributed by atoms with van der Waals surface area (Å²) in [6.45, 7) is 9.36. The number of nitrogens with zero attached hydrogens (tertiary/aromatic N) is 4. The highest BCUT2D eigenvalue weighted by molar-refractivity contribution is 7.88. The Labute approximate surface area is 202 Å². The topological polar surface area (TPSA) is 119 Å². The van der Waals surface area contributed by atoms with Crippen LogP contribution in [0.1, 0.15) is 71.5 Å². The first-order chi connectivity index (χ1) is 16.2. The van der Waals surface area contributed by atoms with Gasteiger partial charge in [0.15, 0.2) is 5.65 Å². The van der Waals surface area contributed by atoms with Crippen molar-refractivity contribution in [2.75, 3.05) is 19.3 Å². The van der Waals surface area contributed by atoms with E-state index in [-0.39, 0.29) is 30.0 Å². The largest absolute Gasteiger partial charge is 0.598 e. The average Bonchev–Trinajstić information content (AvgIpc) is 3.22. The van der Waals surface area contributed by atoms with Crippen LogP contribution >= 0.6 is 0 Å². The van der Waals surface area contributed by atoms with Gasteiger partial charge in [-0.15, -0.1) is 4.31 Å². The molecule has 1 aliphatic heterocycles. The Kier molecular flexibility index (Phi) is 7.11. The minimum atomic E-state index is -0.981. The predicted molar refractivity (Wildman–Crippen MR) is 133 cm³/mol. The number of hydrogen-bond acceptors (Lipinski definition) is 6. The van der Waals surface area contributed by atoms with Gasteiger partial charge in [-0.2, -0.15) is 5.10 Å². The number of carbonyl (C=O) groups is 1. The Morgan fingerprint density at radius 3 is 2.62 bits per heavy atom. The molecule has 0 aliphatic carbocycles. The highest BCUT2D eigenvalue weighted by atomic mass is 32.2. The summed E-state index contributed by atoms with van der Waals surface area (Å²) in [5, 5.41) is 8.10. The van der Waals surface area contributed by atoms with Crippen LogP contribution in [0.3, 0.4) is 0 Å². The lowest BCUT2D eigenvalue weighted by molar-refractivity contribution is 0.0952. The molecule has 2 N–H and O–H groups in total. The fraction of sp³-hybridized carbons (Fsp3) is 0.500. The summed E-state index contributed by atoms with van der Waals surface area (Å²) in [7, 11) is 0. The Morgan fingerprint density at radius 1 is 1.29 bits per heavy atom. The van der Waals surface area contributed by atoms with Crippen LogP contribution in [0.25, 0.3) is 11.0 Å². The fourth-order valence-electron chi connectivity index (χ4n) is 4.59. The van der Waals surface area contributed by atoms with Crippen LogP contribution in [0, 0.1) is 13.8 Å². The van der Waals surface area contributed by atoms with Crippen LogP contribution in [0.15, 0.2) is 23.1 Å². The molecule has 1 amide bonds. The quantitative estimate of drug-likeness (QED) is 0.519. The average molecular weight is 485 g/mol. The molecule has 0 saturated carbocycles. The number of rotatable bonds is 6. The van der Waals surface area contributed by atoms with E-state index >= 15 is 0 Å². The zero-order valence-corrected chi connectivity index (χ0v) is 21.2. The number of hydrogen-bond donors (Lipinski definition) is 2. The Balaban J connectivity index is 1.66. The van der Waals surface area contributed by atoms with E-state index in [4.69, 9.17) is 4.98 Å². The number of aromatic amines is 1. The summed E-state index contributed by atoms with van der Waals surface area (Å²) in [6, 6.07) is 3.85. The maximum Gasteiger partial charge on any atom is 0.253 e. The van der Waals surface area contributed by atoms with Gasteiger partial charge < -0.3 is 14.9 Å². The number of piperidine rings is 1. The van der Waals surface area contributed by atoms with Gasteiger partial charge in [-0.3, -0.25) is 9.59 Å².